The van der Waals surface area contributed by atoms with Gasteiger partial charge in [-0.1, -0.05) is 71.7 Å². The molecule has 0 saturated carbocycles. The maximum Gasteiger partial charge on any atom is 0.221 e. The highest BCUT2D eigenvalue weighted by molar-refractivity contribution is 6.42. The average Bonchev–Trinajstić information content (AvgIpc) is 3.38. The molecule has 2 heterocycles. The predicted molar refractivity (Wildman–Crippen MR) is 166 cm³/mol. The molecule has 0 spiro atoms. The third-order valence-corrected chi connectivity index (χ3v) is 8.28. The number of ether oxygens (including phenoxy) is 3. The Bertz CT molecular complexity index is 1720. The van der Waals surface area contributed by atoms with Crippen LogP contribution in [0.1, 0.15) is 29.0 Å². The fourth-order valence-corrected chi connectivity index (χ4v) is 5.70. The Hall–Kier alpha value is -4.13. The number of amides is 1. The van der Waals surface area contributed by atoms with E-state index in [1.165, 1.54) is 0 Å². The van der Waals surface area contributed by atoms with Crippen molar-refractivity contribution in [2.45, 2.75) is 25.0 Å². The fraction of sp³-hybridized carbons (Fsp3) is 0.206. The maximum atomic E-state index is 13.4. The van der Waals surface area contributed by atoms with Crippen LogP contribution in [-0.4, -0.2) is 36.8 Å². The second kappa shape index (κ2) is 12.4. The Balaban J connectivity index is 1.27. The van der Waals surface area contributed by atoms with Gasteiger partial charge in [0.25, 0.3) is 0 Å². The standard InChI is InChI=1S/C34H30Cl2N2O4/c1-40-24-13-10-22(11-14-24)19-38-20-28(26-6-2-3-7-31(26)38)27(23-12-15-29(35)30(36)16-23)17-34(39)37-18-25-21-41-32-8-4-5-9-33(32)42-25/h2-16,20,25,27H,17-19,21H2,1H3,(H,37,39)/t25-,27+/m1/s1. The zero-order valence-corrected chi connectivity index (χ0v) is 24.6. The van der Waals surface area contributed by atoms with E-state index in [0.717, 1.165) is 33.3 Å². The molecule has 42 heavy (non-hydrogen) atoms. The minimum Gasteiger partial charge on any atom is -0.497 e. The summed E-state index contributed by atoms with van der Waals surface area (Å²) in [5.74, 6) is 1.86. The lowest BCUT2D eigenvalue weighted by molar-refractivity contribution is -0.121. The predicted octanol–water partition coefficient (Wildman–Crippen LogP) is 7.48. The van der Waals surface area contributed by atoms with E-state index in [2.05, 4.69) is 40.3 Å². The number of hydrogen-bond donors (Lipinski definition) is 1. The molecule has 0 aliphatic carbocycles. The molecule has 0 unspecified atom stereocenters. The van der Waals surface area contributed by atoms with Crippen LogP contribution >= 0.6 is 23.2 Å². The summed E-state index contributed by atoms with van der Waals surface area (Å²) in [6.07, 6.45) is 2.09. The highest BCUT2D eigenvalue weighted by Gasteiger charge is 2.25. The van der Waals surface area contributed by atoms with Crippen molar-refractivity contribution in [3.05, 3.63) is 124 Å². The van der Waals surface area contributed by atoms with Crippen LogP contribution in [0, 0.1) is 0 Å². The maximum absolute atomic E-state index is 13.4. The SMILES string of the molecule is COc1ccc(Cn2cc([C@@H](CC(=O)NC[C@@H]3COc4ccccc4O3)c3ccc(Cl)c(Cl)c3)c3ccccc32)cc1. The van der Waals surface area contributed by atoms with E-state index in [-0.39, 0.29) is 24.3 Å². The number of halogens is 2. The number of carbonyl (C=O) groups is 1. The Morgan fingerprint density at radius 2 is 1.74 bits per heavy atom. The molecule has 1 N–H and O–H groups in total. The number of rotatable bonds is 9. The number of benzene rings is 4. The van der Waals surface area contributed by atoms with Gasteiger partial charge in [-0.2, -0.15) is 0 Å². The van der Waals surface area contributed by atoms with Crippen molar-refractivity contribution >= 4 is 40.0 Å². The lowest BCUT2D eigenvalue weighted by Crippen LogP contribution is -2.41. The first-order valence-corrected chi connectivity index (χ1v) is 14.5. The van der Waals surface area contributed by atoms with Crippen LogP contribution < -0.4 is 19.5 Å². The van der Waals surface area contributed by atoms with Gasteiger partial charge in [-0.25, -0.2) is 0 Å². The molecule has 5 aromatic rings. The lowest BCUT2D eigenvalue weighted by atomic mass is 9.88. The van der Waals surface area contributed by atoms with Gasteiger partial charge in [0.1, 0.15) is 18.5 Å². The van der Waals surface area contributed by atoms with Crippen molar-refractivity contribution in [2.24, 2.45) is 0 Å². The van der Waals surface area contributed by atoms with Crippen molar-refractivity contribution in [3.63, 3.8) is 0 Å². The number of methoxy groups -OCH3 is 1. The molecule has 0 fully saturated rings. The first kappa shape index (κ1) is 28.0. The van der Waals surface area contributed by atoms with E-state index < -0.39 is 0 Å². The second-order valence-electron chi connectivity index (χ2n) is 10.3. The normalized spacial score (nSPS) is 14.9. The number of aromatic nitrogens is 1. The van der Waals surface area contributed by atoms with E-state index >= 15 is 0 Å². The van der Waals surface area contributed by atoms with E-state index in [4.69, 9.17) is 37.4 Å². The molecule has 6 rings (SSSR count). The molecule has 0 bridgehead atoms. The molecule has 2 atom stereocenters. The molecule has 1 aliphatic rings. The highest BCUT2D eigenvalue weighted by Crippen LogP contribution is 2.37. The zero-order valence-electron chi connectivity index (χ0n) is 23.1. The van der Waals surface area contributed by atoms with Crippen LogP contribution in [0.3, 0.4) is 0 Å². The highest BCUT2D eigenvalue weighted by atomic mass is 35.5. The van der Waals surface area contributed by atoms with Crippen molar-refractivity contribution in [2.75, 3.05) is 20.3 Å². The van der Waals surface area contributed by atoms with Crippen LogP contribution in [0.15, 0.2) is 97.2 Å². The molecule has 1 aromatic heterocycles. The van der Waals surface area contributed by atoms with Gasteiger partial charge in [0.2, 0.25) is 5.91 Å². The smallest absolute Gasteiger partial charge is 0.221 e. The van der Waals surface area contributed by atoms with Gasteiger partial charge >= 0.3 is 0 Å². The number of hydrogen-bond acceptors (Lipinski definition) is 4. The summed E-state index contributed by atoms with van der Waals surface area (Å²) in [7, 11) is 1.66. The molecule has 1 aliphatic heterocycles. The van der Waals surface area contributed by atoms with Crippen molar-refractivity contribution in [3.8, 4) is 17.2 Å². The molecule has 0 radical (unpaired) electrons. The molecule has 4 aromatic carbocycles. The molecular weight excluding hydrogens is 571 g/mol. The number of carbonyl (C=O) groups excluding carboxylic acids is 1. The van der Waals surface area contributed by atoms with E-state index in [9.17, 15) is 4.79 Å². The largest absolute Gasteiger partial charge is 0.497 e. The minimum atomic E-state index is -0.279. The minimum absolute atomic E-state index is 0.0967. The number of nitrogens with zero attached hydrogens (tertiary/aromatic N) is 1. The van der Waals surface area contributed by atoms with Gasteiger partial charge in [-0.05, 0) is 59.2 Å². The van der Waals surface area contributed by atoms with Gasteiger partial charge in [0.05, 0.1) is 23.7 Å². The molecule has 0 saturated heterocycles. The summed E-state index contributed by atoms with van der Waals surface area (Å²) >= 11 is 12.7. The van der Waals surface area contributed by atoms with Crippen LogP contribution in [0.4, 0.5) is 0 Å². The third kappa shape index (κ3) is 6.06. The Labute approximate surface area is 254 Å². The van der Waals surface area contributed by atoms with Crippen LogP contribution in [0.25, 0.3) is 10.9 Å². The first-order chi connectivity index (χ1) is 20.5. The van der Waals surface area contributed by atoms with Crippen molar-refractivity contribution in [1.29, 1.82) is 0 Å². The quantitative estimate of drug-likeness (QED) is 0.190. The fourth-order valence-electron chi connectivity index (χ4n) is 5.40. The summed E-state index contributed by atoms with van der Waals surface area (Å²) in [6.45, 7) is 1.37. The number of fused-ring (bicyclic) bond motifs is 2. The van der Waals surface area contributed by atoms with Gasteiger partial charge in [0.15, 0.2) is 11.5 Å². The lowest BCUT2D eigenvalue weighted by Gasteiger charge is -2.26. The Morgan fingerprint density at radius 1 is 0.976 bits per heavy atom. The van der Waals surface area contributed by atoms with Crippen LogP contribution in [-0.2, 0) is 11.3 Å². The van der Waals surface area contributed by atoms with Gasteiger partial charge in [-0.15, -0.1) is 0 Å². The van der Waals surface area contributed by atoms with Crippen molar-refractivity contribution in [1.82, 2.24) is 9.88 Å². The van der Waals surface area contributed by atoms with E-state index in [1.807, 2.05) is 60.7 Å². The third-order valence-electron chi connectivity index (χ3n) is 7.54. The van der Waals surface area contributed by atoms with E-state index in [1.54, 1.807) is 13.2 Å². The number of nitrogens with one attached hydrogen (secondary N) is 1. The van der Waals surface area contributed by atoms with Crippen molar-refractivity contribution < 1.29 is 19.0 Å². The van der Waals surface area contributed by atoms with Crippen LogP contribution in [0.2, 0.25) is 10.0 Å². The van der Waals surface area contributed by atoms with Gasteiger partial charge < -0.3 is 24.1 Å². The van der Waals surface area contributed by atoms with Gasteiger partial charge in [-0.3, -0.25) is 4.79 Å². The molecule has 1 amide bonds. The average molecular weight is 602 g/mol. The second-order valence-corrected chi connectivity index (χ2v) is 11.1. The molecule has 214 valence electrons. The summed E-state index contributed by atoms with van der Waals surface area (Å²) in [6, 6.07) is 29.4. The number of para-hydroxylation sites is 3. The summed E-state index contributed by atoms with van der Waals surface area (Å²) < 4.78 is 19.4. The first-order valence-electron chi connectivity index (χ1n) is 13.8. The Morgan fingerprint density at radius 3 is 2.52 bits per heavy atom. The monoisotopic (exact) mass is 600 g/mol. The Kier molecular flexibility index (Phi) is 8.27. The topological polar surface area (TPSA) is 61.7 Å². The summed E-state index contributed by atoms with van der Waals surface area (Å²) in [5, 5.41) is 5.07. The summed E-state index contributed by atoms with van der Waals surface area (Å²) in [5.41, 5.74) is 4.18. The zero-order chi connectivity index (χ0) is 29.1. The van der Waals surface area contributed by atoms with Gasteiger partial charge in [0, 0.05) is 36.0 Å². The molecule has 6 nitrogen and oxygen atoms in total. The molecular formula is C34H30Cl2N2O4. The summed E-state index contributed by atoms with van der Waals surface area (Å²) in [4.78, 5) is 13.4. The van der Waals surface area contributed by atoms with E-state index in [0.29, 0.717) is 41.2 Å². The van der Waals surface area contributed by atoms with Crippen LogP contribution in [0.5, 0.6) is 17.2 Å². The molecule has 8 heteroatoms.